The average molecular weight is 381 g/mol. The summed E-state index contributed by atoms with van der Waals surface area (Å²) < 4.78 is 23.1. The molecule has 28 heavy (non-hydrogen) atoms. The van der Waals surface area contributed by atoms with Gasteiger partial charge in [-0.2, -0.15) is 0 Å². The van der Waals surface area contributed by atoms with Gasteiger partial charge in [-0.15, -0.1) is 0 Å². The molecule has 0 bridgehead atoms. The second-order valence-electron chi connectivity index (χ2n) is 7.10. The minimum absolute atomic E-state index is 0.161. The second kappa shape index (κ2) is 7.20. The van der Waals surface area contributed by atoms with Gasteiger partial charge >= 0.3 is 0 Å². The van der Waals surface area contributed by atoms with E-state index in [4.69, 9.17) is 18.6 Å². The van der Waals surface area contributed by atoms with E-state index >= 15 is 0 Å². The predicted molar refractivity (Wildman–Crippen MR) is 106 cm³/mol. The lowest BCUT2D eigenvalue weighted by Gasteiger charge is -2.32. The fourth-order valence-corrected chi connectivity index (χ4v) is 3.34. The molecule has 146 valence electrons. The Morgan fingerprint density at radius 1 is 1.11 bits per heavy atom. The van der Waals surface area contributed by atoms with Gasteiger partial charge < -0.3 is 18.6 Å². The monoisotopic (exact) mass is 381 g/mol. The predicted octanol–water partition coefficient (Wildman–Crippen LogP) is 4.46. The highest BCUT2D eigenvalue weighted by Crippen LogP contribution is 2.36. The maximum Gasteiger partial charge on any atom is 0.235 e. The Morgan fingerprint density at radius 2 is 1.86 bits per heavy atom. The molecule has 2 aromatic carbocycles. The number of methoxy groups -OCH3 is 1. The number of hydrogen-bond acceptors (Lipinski definition) is 6. The molecule has 0 unspecified atom stereocenters. The fraction of sp³-hybridized carbons (Fsp3) is 0.318. The van der Waals surface area contributed by atoms with Gasteiger partial charge in [0.1, 0.15) is 23.8 Å². The zero-order valence-electron chi connectivity index (χ0n) is 16.4. The van der Waals surface area contributed by atoms with Crippen molar-refractivity contribution in [2.24, 2.45) is 0 Å². The number of rotatable bonds is 4. The molecule has 1 aliphatic rings. The molecule has 3 aromatic rings. The zero-order chi connectivity index (χ0) is 19.8. The smallest absolute Gasteiger partial charge is 0.235 e. The van der Waals surface area contributed by atoms with E-state index in [1.54, 1.807) is 32.2 Å². The maximum absolute atomic E-state index is 13.2. The molecule has 0 amide bonds. The van der Waals surface area contributed by atoms with Crippen LogP contribution < -0.4 is 19.6 Å². The Balaban J connectivity index is 1.83. The summed E-state index contributed by atoms with van der Waals surface area (Å²) in [5.74, 6) is 2.35. The first kappa shape index (κ1) is 18.4. The van der Waals surface area contributed by atoms with E-state index in [0.717, 1.165) is 11.3 Å². The zero-order valence-corrected chi connectivity index (χ0v) is 16.4. The lowest BCUT2D eigenvalue weighted by atomic mass is 10.1. The Kier molecular flexibility index (Phi) is 4.73. The molecule has 0 radical (unpaired) electrons. The van der Waals surface area contributed by atoms with Crippen LogP contribution in [0.2, 0.25) is 0 Å². The lowest BCUT2D eigenvalue weighted by molar-refractivity contribution is 0.0689. The molecule has 6 nitrogen and oxygen atoms in total. The summed E-state index contributed by atoms with van der Waals surface area (Å²) in [6.45, 7) is 7.14. The van der Waals surface area contributed by atoms with Crippen molar-refractivity contribution in [2.75, 3.05) is 13.8 Å². The quantitative estimate of drug-likeness (QED) is 0.665. The van der Waals surface area contributed by atoms with Crippen LogP contribution in [0, 0.1) is 6.92 Å². The fourth-order valence-electron chi connectivity index (χ4n) is 3.34. The molecule has 2 heterocycles. The SMILES string of the molecule is COc1ccccc1Oc1c(C)oc2c3c(ccc2c1=O)OCN(C(C)C)C3. The van der Waals surface area contributed by atoms with Gasteiger partial charge in [0.2, 0.25) is 11.2 Å². The molecule has 6 heteroatoms. The number of para-hydroxylation sites is 2. The van der Waals surface area contributed by atoms with Crippen LogP contribution >= 0.6 is 0 Å². The van der Waals surface area contributed by atoms with Crippen molar-refractivity contribution in [3.8, 4) is 23.0 Å². The van der Waals surface area contributed by atoms with E-state index < -0.39 is 0 Å². The Morgan fingerprint density at radius 3 is 2.57 bits per heavy atom. The summed E-state index contributed by atoms with van der Waals surface area (Å²) >= 11 is 0. The first-order chi connectivity index (χ1) is 13.5. The van der Waals surface area contributed by atoms with E-state index in [0.29, 0.717) is 47.5 Å². The van der Waals surface area contributed by atoms with Crippen molar-refractivity contribution in [1.29, 1.82) is 0 Å². The van der Waals surface area contributed by atoms with E-state index in [1.165, 1.54) is 0 Å². The summed E-state index contributed by atoms with van der Waals surface area (Å²) in [4.78, 5) is 15.4. The summed E-state index contributed by atoms with van der Waals surface area (Å²) in [6.07, 6.45) is 0. The van der Waals surface area contributed by atoms with Crippen molar-refractivity contribution >= 4 is 11.0 Å². The van der Waals surface area contributed by atoms with Gasteiger partial charge in [-0.3, -0.25) is 9.69 Å². The molecular weight excluding hydrogens is 358 g/mol. The molecule has 0 fully saturated rings. The number of benzene rings is 2. The number of fused-ring (bicyclic) bond motifs is 3. The molecule has 0 saturated heterocycles. The first-order valence-corrected chi connectivity index (χ1v) is 9.26. The highest BCUT2D eigenvalue weighted by Gasteiger charge is 2.25. The maximum atomic E-state index is 13.2. The molecule has 1 aromatic heterocycles. The number of hydrogen-bond donors (Lipinski definition) is 0. The van der Waals surface area contributed by atoms with Crippen LogP contribution in [0.5, 0.6) is 23.0 Å². The minimum atomic E-state index is -0.214. The third-order valence-corrected chi connectivity index (χ3v) is 5.00. The first-order valence-electron chi connectivity index (χ1n) is 9.26. The van der Waals surface area contributed by atoms with E-state index in [-0.39, 0.29) is 11.2 Å². The standard InChI is InChI=1S/C22H23NO5/c1-13(2)23-11-16-17(26-12-23)10-9-15-20(24)21(14(3)27-22(15)16)28-19-8-6-5-7-18(19)25-4/h5-10,13H,11-12H2,1-4H3. The lowest BCUT2D eigenvalue weighted by Crippen LogP contribution is -2.37. The van der Waals surface area contributed by atoms with Gasteiger partial charge in [0, 0.05) is 12.6 Å². The summed E-state index contributed by atoms with van der Waals surface area (Å²) in [5.41, 5.74) is 1.23. The highest BCUT2D eigenvalue weighted by atomic mass is 16.5. The van der Waals surface area contributed by atoms with Crippen molar-refractivity contribution in [3.05, 3.63) is 57.9 Å². The van der Waals surface area contributed by atoms with E-state index in [2.05, 4.69) is 18.7 Å². The topological polar surface area (TPSA) is 61.1 Å². The van der Waals surface area contributed by atoms with Crippen LogP contribution in [0.4, 0.5) is 0 Å². The van der Waals surface area contributed by atoms with Crippen LogP contribution in [0.15, 0.2) is 45.6 Å². The van der Waals surface area contributed by atoms with Crippen molar-refractivity contribution in [3.63, 3.8) is 0 Å². The molecule has 0 spiro atoms. The van der Waals surface area contributed by atoms with Gasteiger partial charge in [0.25, 0.3) is 0 Å². The van der Waals surface area contributed by atoms with Gasteiger partial charge in [0.15, 0.2) is 11.5 Å². The van der Waals surface area contributed by atoms with Crippen molar-refractivity contribution in [2.45, 2.75) is 33.4 Å². The molecule has 0 atom stereocenters. The molecule has 0 aliphatic carbocycles. The van der Waals surface area contributed by atoms with Crippen molar-refractivity contribution in [1.82, 2.24) is 4.90 Å². The summed E-state index contributed by atoms with van der Waals surface area (Å²) in [7, 11) is 1.56. The Bertz CT molecular complexity index is 1090. The Labute approximate surface area is 163 Å². The molecule has 0 saturated carbocycles. The van der Waals surface area contributed by atoms with Gasteiger partial charge in [-0.1, -0.05) is 12.1 Å². The summed E-state index contributed by atoms with van der Waals surface area (Å²) in [5, 5.41) is 0.475. The minimum Gasteiger partial charge on any atom is -0.493 e. The van der Waals surface area contributed by atoms with Crippen LogP contribution in [-0.4, -0.2) is 24.8 Å². The van der Waals surface area contributed by atoms with Crippen LogP contribution in [-0.2, 0) is 6.54 Å². The van der Waals surface area contributed by atoms with Gasteiger partial charge in [0.05, 0.1) is 18.1 Å². The summed E-state index contributed by atoms with van der Waals surface area (Å²) in [6, 6.07) is 11.1. The number of aryl methyl sites for hydroxylation is 1. The van der Waals surface area contributed by atoms with Crippen LogP contribution in [0.3, 0.4) is 0 Å². The highest BCUT2D eigenvalue weighted by molar-refractivity contribution is 5.83. The average Bonchev–Trinajstić information content (AvgIpc) is 2.70. The largest absolute Gasteiger partial charge is 0.493 e. The molecule has 4 rings (SSSR count). The number of nitrogens with zero attached hydrogens (tertiary/aromatic N) is 1. The normalized spacial score (nSPS) is 14.0. The van der Waals surface area contributed by atoms with E-state index in [1.807, 2.05) is 18.2 Å². The van der Waals surface area contributed by atoms with E-state index in [9.17, 15) is 4.79 Å². The molecular formula is C22H23NO5. The van der Waals surface area contributed by atoms with Crippen molar-refractivity contribution < 1.29 is 18.6 Å². The van der Waals surface area contributed by atoms with Crippen LogP contribution in [0.1, 0.15) is 25.2 Å². The third-order valence-electron chi connectivity index (χ3n) is 5.00. The van der Waals surface area contributed by atoms with Gasteiger partial charge in [-0.25, -0.2) is 0 Å². The molecule has 1 aliphatic heterocycles. The third kappa shape index (κ3) is 3.10. The van der Waals surface area contributed by atoms with Gasteiger partial charge in [-0.05, 0) is 45.0 Å². The van der Waals surface area contributed by atoms with Crippen LogP contribution in [0.25, 0.3) is 11.0 Å². The second-order valence-corrected chi connectivity index (χ2v) is 7.10. The Hall–Kier alpha value is -2.99. The number of ether oxygens (including phenoxy) is 3. The molecule has 0 N–H and O–H groups in total.